The van der Waals surface area contributed by atoms with Crippen LogP contribution in [0.15, 0.2) is 72.5 Å². The Morgan fingerprint density at radius 2 is 1.40 bits per heavy atom. The van der Waals surface area contributed by atoms with Crippen molar-refractivity contribution < 1.29 is 10.2 Å². The fraction of sp³-hybridized carbons (Fsp3) is 0.0870. The third-order valence-electron chi connectivity index (χ3n) is 4.58. The minimum absolute atomic E-state index is 0.255. The highest BCUT2D eigenvalue weighted by Crippen LogP contribution is 2.34. The quantitative estimate of drug-likeness (QED) is 0.622. The summed E-state index contributed by atoms with van der Waals surface area (Å²) in [5.74, 6) is 0.553. The van der Waals surface area contributed by atoms with E-state index in [1.54, 1.807) is 18.2 Å². The average Bonchev–Trinajstić information content (AvgIpc) is 2.78. The molecule has 0 bridgehead atoms. The fourth-order valence-corrected chi connectivity index (χ4v) is 3.31. The highest BCUT2D eigenvalue weighted by Gasteiger charge is 2.17. The van der Waals surface area contributed by atoms with Crippen LogP contribution in [0.2, 0.25) is 0 Å². The van der Waals surface area contributed by atoms with Crippen LogP contribution in [0, 0.1) is 0 Å². The Morgan fingerprint density at radius 1 is 0.720 bits per heavy atom. The van der Waals surface area contributed by atoms with Gasteiger partial charge in [-0.3, -0.25) is 0 Å². The lowest BCUT2D eigenvalue weighted by Gasteiger charge is -2.09. The molecule has 2 nitrogen and oxygen atoms in total. The van der Waals surface area contributed by atoms with E-state index in [9.17, 15) is 10.2 Å². The van der Waals surface area contributed by atoms with Crippen LogP contribution in [-0.4, -0.2) is 10.2 Å². The van der Waals surface area contributed by atoms with Crippen LogP contribution in [0.3, 0.4) is 0 Å². The molecule has 0 saturated carbocycles. The number of phenols is 2. The molecule has 1 aliphatic carbocycles. The second-order valence-electron chi connectivity index (χ2n) is 6.25. The smallest absolute Gasteiger partial charge is 0.115 e. The lowest BCUT2D eigenvalue weighted by Crippen LogP contribution is -1.91. The standard InChI is InChI=1S/C23H18O2/c24-19-10-5-16(6-11-19)7-13-23-21-4-2-1-3-17(21)8-9-18-15-20(25)12-14-22(18)23/h1-7,10-12,14-15,24-25H,8-9H2. The average molecular weight is 326 g/mol. The Balaban J connectivity index is 1.93. The van der Waals surface area contributed by atoms with Crippen LogP contribution in [-0.2, 0) is 12.8 Å². The lowest BCUT2D eigenvalue weighted by molar-refractivity contribution is 0.474. The molecule has 0 spiro atoms. The van der Waals surface area contributed by atoms with Gasteiger partial charge < -0.3 is 10.2 Å². The number of benzene rings is 3. The molecule has 0 atom stereocenters. The van der Waals surface area contributed by atoms with Gasteiger partial charge in [0.15, 0.2) is 0 Å². The van der Waals surface area contributed by atoms with E-state index < -0.39 is 0 Å². The summed E-state index contributed by atoms with van der Waals surface area (Å²) in [7, 11) is 0. The molecule has 0 saturated heterocycles. The summed E-state index contributed by atoms with van der Waals surface area (Å²) in [6, 6.07) is 21.0. The van der Waals surface area contributed by atoms with Gasteiger partial charge in [0.1, 0.15) is 11.5 Å². The minimum Gasteiger partial charge on any atom is -0.508 e. The summed E-state index contributed by atoms with van der Waals surface area (Å²) in [5, 5.41) is 19.3. The SMILES string of the molecule is Oc1ccc(C=C=C2c3ccccc3CCc3cc(O)ccc32)cc1. The number of hydrogen-bond donors (Lipinski definition) is 2. The van der Waals surface area contributed by atoms with Crippen molar-refractivity contribution in [2.45, 2.75) is 12.8 Å². The van der Waals surface area contributed by atoms with E-state index in [1.165, 1.54) is 11.1 Å². The maximum atomic E-state index is 9.86. The van der Waals surface area contributed by atoms with Gasteiger partial charge in [0.05, 0.1) is 0 Å². The molecule has 0 aliphatic heterocycles. The lowest BCUT2D eigenvalue weighted by atomic mass is 9.94. The summed E-state index contributed by atoms with van der Waals surface area (Å²) in [4.78, 5) is 0. The fourth-order valence-electron chi connectivity index (χ4n) is 3.31. The molecule has 0 amide bonds. The van der Waals surface area contributed by atoms with Crippen molar-refractivity contribution in [1.29, 1.82) is 0 Å². The first-order chi connectivity index (χ1) is 12.2. The van der Waals surface area contributed by atoms with Crippen molar-refractivity contribution >= 4 is 11.6 Å². The molecule has 0 radical (unpaired) electrons. The number of phenolic OH excluding ortho intramolecular Hbond substituents is 2. The van der Waals surface area contributed by atoms with Crippen molar-refractivity contribution in [2.75, 3.05) is 0 Å². The van der Waals surface area contributed by atoms with Gasteiger partial charge in [-0.05, 0) is 77.1 Å². The molecule has 2 heteroatoms. The normalized spacial score (nSPS) is 12.6. The van der Waals surface area contributed by atoms with Gasteiger partial charge in [-0.2, -0.15) is 0 Å². The molecule has 3 aromatic rings. The summed E-state index contributed by atoms with van der Waals surface area (Å²) in [6.45, 7) is 0. The summed E-state index contributed by atoms with van der Waals surface area (Å²) in [6.07, 6.45) is 3.77. The molecule has 1 aliphatic rings. The molecule has 0 heterocycles. The van der Waals surface area contributed by atoms with Crippen LogP contribution in [0.4, 0.5) is 0 Å². The van der Waals surface area contributed by atoms with Gasteiger partial charge in [-0.1, -0.05) is 36.4 Å². The van der Waals surface area contributed by atoms with Crippen molar-refractivity contribution in [1.82, 2.24) is 0 Å². The van der Waals surface area contributed by atoms with Gasteiger partial charge in [0, 0.05) is 5.57 Å². The van der Waals surface area contributed by atoms with Crippen LogP contribution < -0.4 is 0 Å². The molecule has 0 unspecified atom stereocenters. The Bertz CT molecular complexity index is 991. The first-order valence-electron chi connectivity index (χ1n) is 8.37. The second kappa shape index (κ2) is 6.35. The second-order valence-corrected chi connectivity index (χ2v) is 6.25. The van der Waals surface area contributed by atoms with E-state index in [1.807, 2.05) is 36.4 Å². The Kier molecular flexibility index (Phi) is 3.89. The molecule has 0 aromatic heterocycles. The molecule has 25 heavy (non-hydrogen) atoms. The number of hydrogen-bond acceptors (Lipinski definition) is 2. The summed E-state index contributed by atoms with van der Waals surface area (Å²) >= 11 is 0. The van der Waals surface area contributed by atoms with Gasteiger partial charge >= 0.3 is 0 Å². The first kappa shape index (κ1) is 15.3. The summed E-state index contributed by atoms with van der Waals surface area (Å²) in [5.41, 5.74) is 10.2. The van der Waals surface area contributed by atoms with Crippen LogP contribution in [0.5, 0.6) is 11.5 Å². The predicted molar refractivity (Wildman–Crippen MR) is 101 cm³/mol. The van der Waals surface area contributed by atoms with Gasteiger partial charge in [0.25, 0.3) is 0 Å². The van der Waals surface area contributed by atoms with Crippen molar-refractivity contribution in [3.63, 3.8) is 0 Å². The van der Waals surface area contributed by atoms with Gasteiger partial charge in [-0.25, -0.2) is 0 Å². The molecule has 122 valence electrons. The minimum atomic E-state index is 0.255. The molecule has 4 rings (SSSR count). The van der Waals surface area contributed by atoms with Crippen molar-refractivity contribution in [3.05, 3.63) is 100 Å². The Labute approximate surface area is 147 Å². The van der Waals surface area contributed by atoms with Crippen LogP contribution in [0.25, 0.3) is 11.6 Å². The highest BCUT2D eigenvalue weighted by atomic mass is 16.3. The topological polar surface area (TPSA) is 40.5 Å². The zero-order chi connectivity index (χ0) is 17.2. The van der Waals surface area contributed by atoms with Crippen molar-refractivity contribution in [2.24, 2.45) is 0 Å². The van der Waals surface area contributed by atoms with E-state index >= 15 is 0 Å². The number of aromatic hydroxyl groups is 2. The molecular formula is C23H18O2. The Hall–Kier alpha value is -3.22. The van der Waals surface area contributed by atoms with Gasteiger partial charge in [-0.15, -0.1) is 5.73 Å². The van der Waals surface area contributed by atoms with E-state index in [-0.39, 0.29) is 5.75 Å². The number of aryl methyl sites for hydroxylation is 2. The van der Waals surface area contributed by atoms with Crippen LogP contribution in [0.1, 0.15) is 27.8 Å². The van der Waals surface area contributed by atoms with Crippen LogP contribution >= 0.6 is 0 Å². The molecule has 3 aromatic carbocycles. The highest BCUT2D eigenvalue weighted by molar-refractivity contribution is 5.85. The van der Waals surface area contributed by atoms with E-state index in [4.69, 9.17) is 0 Å². The molecular weight excluding hydrogens is 308 g/mol. The maximum absolute atomic E-state index is 9.86. The number of rotatable bonds is 1. The maximum Gasteiger partial charge on any atom is 0.115 e. The zero-order valence-electron chi connectivity index (χ0n) is 13.7. The van der Waals surface area contributed by atoms with E-state index in [2.05, 4.69) is 23.9 Å². The molecule has 0 fully saturated rings. The summed E-state index contributed by atoms with van der Waals surface area (Å²) < 4.78 is 0. The monoisotopic (exact) mass is 326 g/mol. The predicted octanol–water partition coefficient (Wildman–Crippen LogP) is 4.94. The Morgan fingerprint density at radius 3 is 2.24 bits per heavy atom. The van der Waals surface area contributed by atoms with E-state index in [0.29, 0.717) is 5.75 Å². The first-order valence-corrected chi connectivity index (χ1v) is 8.37. The third kappa shape index (κ3) is 3.08. The van der Waals surface area contributed by atoms with Gasteiger partial charge in [0.2, 0.25) is 0 Å². The third-order valence-corrected chi connectivity index (χ3v) is 4.58. The van der Waals surface area contributed by atoms with E-state index in [0.717, 1.165) is 35.1 Å². The number of fused-ring (bicyclic) bond motifs is 2. The zero-order valence-corrected chi connectivity index (χ0v) is 13.7. The van der Waals surface area contributed by atoms with Crippen molar-refractivity contribution in [3.8, 4) is 11.5 Å². The molecule has 2 N–H and O–H groups in total. The largest absolute Gasteiger partial charge is 0.508 e.